The highest BCUT2D eigenvalue weighted by Crippen LogP contribution is 2.10. The molecular weight excluding hydrogens is 234 g/mol. The fraction of sp³-hybridized carbons (Fsp3) is 0. The van der Waals surface area contributed by atoms with Crippen molar-refractivity contribution in [3.63, 3.8) is 0 Å². The first-order valence-corrected chi connectivity index (χ1v) is 4.18. The van der Waals surface area contributed by atoms with Crippen molar-refractivity contribution in [2.24, 2.45) is 0 Å². The van der Waals surface area contributed by atoms with Gasteiger partial charge in [0, 0.05) is 0 Å². The lowest BCUT2D eigenvalue weighted by molar-refractivity contribution is -0.132. The van der Waals surface area contributed by atoms with E-state index < -0.39 is 50.4 Å². The smallest absolute Gasteiger partial charge is 0.300 e. The van der Waals surface area contributed by atoms with Crippen molar-refractivity contribution < 1.29 is 14.4 Å². The van der Waals surface area contributed by atoms with E-state index in [9.17, 15) is 33.6 Å². The van der Waals surface area contributed by atoms with Crippen molar-refractivity contribution >= 4 is 23.2 Å². The molecule has 0 radical (unpaired) electrons. The van der Waals surface area contributed by atoms with E-state index in [1.54, 1.807) is 5.32 Å². The standard InChI is InChI=1S/C9HNO7/c11-3-1-2(5(13)7(15)6(3)14)10-9(17)8(16)4(1)12/h(H,10,17). The zero-order valence-corrected chi connectivity index (χ0v) is 7.86. The summed E-state index contributed by atoms with van der Waals surface area (Å²) in [6.07, 6.45) is 0. The number of carbonyl (C=O) groups excluding carboxylic acids is 3. The van der Waals surface area contributed by atoms with Gasteiger partial charge in [-0.1, -0.05) is 0 Å². The zero-order valence-electron chi connectivity index (χ0n) is 7.86. The molecule has 0 fully saturated rings. The first-order chi connectivity index (χ1) is 7.86. The summed E-state index contributed by atoms with van der Waals surface area (Å²) in [5.41, 5.74) is -8.29. The van der Waals surface area contributed by atoms with Crippen LogP contribution >= 0.6 is 0 Å². The average molecular weight is 235 g/mol. The number of hydrogen-bond donors (Lipinski definition) is 1. The summed E-state index contributed by atoms with van der Waals surface area (Å²) in [5.74, 6) is -4.54. The molecule has 8 heteroatoms. The second-order valence-electron chi connectivity index (χ2n) is 3.18. The van der Waals surface area contributed by atoms with Crippen LogP contribution in [0.15, 0.2) is 19.2 Å². The maximum atomic E-state index is 11.3. The van der Waals surface area contributed by atoms with Gasteiger partial charge in [0.15, 0.2) is 0 Å². The molecule has 2 rings (SSSR count). The van der Waals surface area contributed by atoms with E-state index in [0.717, 1.165) is 0 Å². The van der Waals surface area contributed by atoms with E-state index in [4.69, 9.17) is 0 Å². The second-order valence-corrected chi connectivity index (χ2v) is 3.18. The number of benzene rings is 1. The number of anilines is 1. The van der Waals surface area contributed by atoms with Gasteiger partial charge in [-0.05, 0) is 0 Å². The van der Waals surface area contributed by atoms with E-state index in [1.807, 2.05) is 0 Å². The summed E-state index contributed by atoms with van der Waals surface area (Å²) in [6.45, 7) is 0. The number of fused-ring (bicyclic) bond motifs is 1. The molecule has 1 amide bonds. The van der Waals surface area contributed by atoms with E-state index in [0.29, 0.717) is 0 Å². The van der Waals surface area contributed by atoms with Crippen molar-refractivity contribution in [2.75, 3.05) is 5.32 Å². The molecule has 17 heavy (non-hydrogen) atoms. The summed E-state index contributed by atoms with van der Waals surface area (Å²) < 4.78 is 0. The SMILES string of the molecule is O=C1Nc2c(c(=O)c(=O)c(=O)c2=O)C(=O)C1=O. The second kappa shape index (κ2) is 3.11. The van der Waals surface area contributed by atoms with Crippen molar-refractivity contribution in [3.05, 3.63) is 46.5 Å². The lowest BCUT2D eigenvalue weighted by Crippen LogP contribution is -2.54. The molecule has 1 heterocycles. The molecule has 0 aliphatic carbocycles. The lowest BCUT2D eigenvalue weighted by Gasteiger charge is -2.10. The molecule has 1 N–H and O–H groups in total. The van der Waals surface area contributed by atoms with Crippen LogP contribution in [-0.2, 0) is 9.59 Å². The summed E-state index contributed by atoms with van der Waals surface area (Å²) in [5, 5.41) is 1.66. The molecule has 84 valence electrons. The highest BCUT2D eigenvalue weighted by Gasteiger charge is 2.37. The van der Waals surface area contributed by atoms with Crippen molar-refractivity contribution in [1.82, 2.24) is 0 Å². The molecule has 1 aliphatic heterocycles. The van der Waals surface area contributed by atoms with Gasteiger partial charge < -0.3 is 5.32 Å². The monoisotopic (exact) mass is 235 g/mol. The Morgan fingerprint density at radius 1 is 0.588 bits per heavy atom. The molecule has 0 unspecified atom stereocenters. The van der Waals surface area contributed by atoms with Gasteiger partial charge in [-0.25, -0.2) is 0 Å². The van der Waals surface area contributed by atoms with Crippen LogP contribution in [0.25, 0.3) is 0 Å². The molecule has 0 aromatic heterocycles. The number of carbonyl (C=O) groups is 3. The minimum absolute atomic E-state index is 0.894. The number of ketones is 2. The van der Waals surface area contributed by atoms with Crippen molar-refractivity contribution in [2.45, 2.75) is 0 Å². The molecule has 1 aromatic carbocycles. The fourth-order valence-corrected chi connectivity index (χ4v) is 1.38. The summed E-state index contributed by atoms with van der Waals surface area (Å²) in [4.78, 5) is 77.7. The molecule has 1 aromatic rings. The predicted octanol–water partition coefficient (Wildman–Crippen LogP) is -3.29. The van der Waals surface area contributed by atoms with Crippen molar-refractivity contribution in [3.8, 4) is 0 Å². The molecule has 1 aliphatic rings. The first-order valence-electron chi connectivity index (χ1n) is 4.18. The van der Waals surface area contributed by atoms with Gasteiger partial charge in [0.1, 0.15) is 11.3 Å². The van der Waals surface area contributed by atoms with Crippen LogP contribution in [0.3, 0.4) is 0 Å². The van der Waals surface area contributed by atoms with Crippen molar-refractivity contribution in [1.29, 1.82) is 0 Å². The van der Waals surface area contributed by atoms with Crippen LogP contribution in [0.1, 0.15) is 10.4 Å². The number of Topliss-reactive ketones (excluding diaryl/α,β-unsaturated/α-hetero) is 2. The number of amides is 1. The molecule has 0 spiro atoms. The Morgan fingerprint density at radius 2 is 1.12 bits per heavy atom. The van der Waals surface area contributed by atoms with Crippen LogP contribution in [0.5, 0.6) is 0 Å². The highest BCUT2D eigenvalue weighted by atomic mass is 16.2. The maximum absolute atomic E-state index is 11.3. The van der Waals surface area contributed by atoms with Gasteiger partial charge in [-0.15, -0.1) is 0 Å². The minimum Gasteiger partial charge on any atom is -0.315 e. The van der Waals surface area contributed by atoms with E-state index in [1.165, 1.54) is 0 Å². The quantitative estimate of drug-likeness (QED) is 0.466. The first kappa shape index (κ1) is 10.7. The third-order valence-corrected chi connectivity index (χ3v) is 2.20. The van der Waals surface area contributed by atoms with Gasteiger partial charge in [-0.2, -0.15) is 0 Å². The Balaban J connectivity index is 3.08. The normalized spacial score (nSPS) is 14.5. The summed E-state index contributed by atoms with van der Waals surface area (Å²) >= 11 is 0. The van der Waals surface area contributed by atoms with Gasteiger partial charge in [0.2, 0.25) is 11.2 Å². The maximum Gasteiger partial charge on any atom is 0.300 e. The van der Waals surface area contributed by atoms with E-state index in [-0.39, 0.29) is 0 Å². The molecule has 0 saturated carbocycles. The van der Waals surface area contributed by atoms with Crippen LogP contribution in [0.2, 0.25) is 0 Å². The van der Waals surface area contributed by atoms with E-state index in [2.05, 4.69) is 0 Å². The largest absolute Gasteiger partial charge is 0.315 e. The van der Waals surface area contributed by atoms with Crippen LogP contribution < -0.4 is 27.0 Å². The molecule has 8 nitrogen and oxygen atoms in total. The zero-order chi connectivity index (χ0) is 12.9. The van der Waals surface area contributed by atoms with Gasteiger partial charge in [0.05, 0.1) is 0 Å². The third-order valence-electron chi connectivity index (χ3n) is 2.20. The molecule has 0 saturated heterocycles. The highest BCUT2D eigenvalue weighted by molar-refractivity contribution is 6.70. The summed E-state index contributed by atoms with van der Waals surface area (Å²) in [7, 11) is 0. The Bertz CT molecular complexity index is 794. The average Bonchev–Trinajstić information content (AvgIpc) is 2.30. The Hall–Kier alpha value is -2.77. The lowest BCUT2D eigenvalue weighted by atomic mass is 9.99. The molecular formula is C9HNO7. The summed E-state index contributed by atoms with van der Waals surface area (Å²) in [6, 6.07) is 0. The van der Waals surface area contributed by atoms with Crippen LogP contribution in [-0.4, -0.2) is 17.5 Å². The minimum atomic E-state index is -1.69. The van der Waals surface area contributed by atoms with Gasteiger partial charge in [0.25, 0.3) is 28.0 Å². The molecule has 0 bridgehead atoms. The Labute approximate surface area is 90.2 Å². The Kier molecular flexibility index (Phi) is 1.96. The molecule has 0 atom stereocenters. The van der Waals surface area contributed by atoms with Crippen LogP contribution in [0, 0.1) is 0 Å². The third kappa shape index (κ3) is 1.20. The fourth-order valence-electron chi connectivity index (χ4n) is 1.38. The number of rotatable bonds is 0. The topological polar surface area (TPSA) is 132 Å². The number of nitrogens with one attached hydrogen (secondary N) is 1. The van der Waals surface area contributed by atoms with Gasteiger partial charge in [-0.3, -0.25) is 33.6 Å². The van der Waals surface area contributed by atoms with Crippen LogP contribution in [0.4, 0.5) is 5.69 Å². The Morgan fingerprint density at radius 3 is 1.71 bits per heavy atom. The number of hydrogen-bond acceptors (Lipinski definition) is 7. The predicted molar refractivity (Wildman–Crippen MR) is 51.9 cm³/mol. The van der Waals surface area contributed by atoms with E-state index >= 15 is 0 Å². The van der Waals surface area contributed by atoms with Gasteiger partial charge >= 0.3 is 0 Å².